The van der Waals surface area contributed by atoms with Crippen LogP contribution in [-0.2, 0) is 16.1 Å². The number of thioether (sulfide) groups is 1. The Hall–Kier alpha value is -5.31. The van der Waals surface area contributed by atoms with Crippen LogP contribution < -0.4 is 16.0 Å². The summed E-state index contributed by atoms with van der Waals surface area (Å²) in [6, 6.07) is 37.2. The highest BCUT2D eigenvalue weighted by Crippen LogP contribution is 2.32. The van der Waals surface area contributed by atoms with Gasteiger partial charge in [0.15, 0.2) is 0 Å². The molecule has 1 aromatic heterocycles. The predicted molar refractivity (Wildman–Crippen MR) is 197 cm³/mol. The Morgan fingerprint density at radius 3 is 2.29 bits per heavy atom. The second-order valence-electron chi connectivity index (χ2n) is 11.2. The van der Waals surface area contributed by atoms with Gasteiger partial charge in [0.2, 0.25) is 5.91 Å². The van der Waals surface area contributed by atoms with E-state index in [0.29, 0.717) is 21.8 Å². The molecule has 0 bridgehead atoms. The molecule has 9 heteroatoms. The van der Waals surface area contributed by atoms with E-state index >= 15 is 0 Å². The maximum atomic E-state index is 13.5. The van der Waals surface area contributed by atoms with Crippen LogP contribution in [0.15, 0.2) is 132 Å². The molecular formula is C39H33ClN4O3S. The van der Waals surface area contributed by atoms with Gasteiger partial charge in [0.05, 0.1) is 5.25 Å². The largest absolute Gasteiger partial charge is 0.341 e. The van der Waals surface area contributed by atoms with Gasteiger partial charge in [0.1, 0.15) is 5.70 Å². The molecule has 1 atom stereocenters. The molecule has 1 heterocycles. The standard InChI is InChI=1S/C39H33ClN4O3S/c1-3-44-35-18-8-7-17-32(35)33-24-30(19-20-36(33)44)41-37(45)25(2)48-31-16-10-15-29(23-31)42-39(47)34(22-26-11-9-14-28(40)21-26)43-38(46)27-12-5-4-6-13-27/h4-25H,3H2,1-2H3,(H,41,45)(H,42,47)(H,43,46)/b34-22-. The normalized spacial score (nSPS) is 12.1. The van der Waals surface area contributed by atoms with E-state index in [4.69, 9.17) is 11.6 Å². The van der Waals surface area contributed by atoms with Crippen molar-refractivity contribution >= 4 is 80.3 Å². The number of anilines is 2. The number of amides is 3. The predicted octanol–water partition coefficient (Wildman–Crippen LogP) is 9.00. The maximum Gasteiger partial charge on any atom is 0.272 e. The van der Waals surface area contributed by atoms with Gasteiger partial charge < -0.3 is 20.5 Å². The molecule has 0 radical (unpaired) electrons. The third-order valence-corrected chi connectivity index (χ3v) is 9.15. The number of aryl methyl sites for hydroxylation is 1. The molecule has 0 spiro atoms. The van der Waals surface area contributed by atoms with E-state index in [0.717, 1.165) is 33.4 Å². The van der Waals surface area contributed by atoms with E-state index in [1.807, 2.05) is 49.4 Å². The molecule has 5 aromatic carbocycles. The van der Waals surface area contributed by atoms with Crippen molar-refractivity contribution in [2.75, 3.05) is 10.6 Å². The summed E-state index contributed by atoms with van der Waals surface area (Å²) in [6.07, 6.45) is 1.57. The Kier molecular flexibility index (Phi) is 9.94. The average Bonchev–Trinajstić information content (AvgIpc) is 3.41. The first-order chi connectivity index (χ1) is 23.3. The second-order valence-corrected chi connectivity index (χ2v) is 13.0. The Balaban J connectivity index is 1.15. The van der Waals surface area contributed by atoms with Crippen molar-refractivity contribution < 1.29 is 14.4 Å². The van der Waals surface area contributed by atoms with E-state index in [2.05, 4.69) is 45.6 Å². The monoisotopic (exact) mass is 672 g/mol. The van der Waals surface area contributed by atoms with Gasteiger partial charge in [-0.15, -0.1) is 11.8 Å². The zero-order valence-electron chi connectivity index (χ0n) is 26.4. The number of nitrogens with zero attached hydrogens (tertiary/aromatic N) is 1. The van der Waals surface area contributed by atoms with Gasteiger partial charge in [-0.3, -0.25) is 14.4 Å². The lowest BCUT2D eigenvalue weighted by Gasteiger charge is -2.14. The molecule has 3 N–H and O–H groups in total. The number of nitrogens with one attached hydrogen (secondary N) is 3. The van der Waals surface area contributed by atoms with Gasteiger partial charge in [0.25, 0.3) is 11.8 Å². The van der Waals surface area contributed by atoms with E-state index in [-0.39, 0.29) is 11.6 Å². The van der Waals surface area contributed by atoms with Crippen LogP contribution in [0.4, 0.5) is 11.4 Å². The minimum atomic E-state index is -0.507. The quantitative estimate of drug-likeness (QED) is 0.100. The second kappa shape index (κ2) is 14.6. The summed E-state index contributed by atoms with van der Waals surface area (Å²) < 4.78 is 2.27. The van der Waals surface area contributed by atoms with Crippen LogP contribution >= 0.6 is 23.4 Å². The van der Waals surface area contributed by atoms with Gasteiger partial charge in [-0.05, 0) is 92.2 Å². The Bertz CT molecular complexity index is 2180. The van der Waals surface area contributed by atoms with Gasteiger partial charge >= 0.3 is 0 Å². The van der Waals surface area contributed by atoms with Crippen molar-refractivity contribution in [2.45, 2.75) is 30.5 Å². The third kappa shape index (κ3) is 7.46. The summed E-state index contributed by atoms with van der Waals surface area (Å²) in [5, 5.41) is 11.0. The lowest BCUT2D eigenvalue weighted by molar-refractivity contribution is -0.115. The van der Waals surface area contributed by atoms with E-state index in [9.17, 15) is 14.4 Å². The number of fused-ring (bicyclic) bond motifs is 3. The summed E-state index contributed by atoms with van der Waals surface area (Å²) >= 11 is 7.55. The number of rotatable bonds is 10. The van der Waals surface area contributed by atoms with Crippen LogP contribution in [-0.4, -0.2) is 27.5 Å². The molecule has 6 rings (SSSR count). The molecule has 48 heavy (non-hydrogen) atoms. The van der Waals surface area contributed by atoms with E-state index in [1.54, 1.807) is 66.7 Å². The molecule has 0 fully saturated rings. The fraction of sp³-hybridized carbons (Fsp3) is 0.103. The van der Waals surface area contributed by atoms with Crippen LogP contribution in [0, 0.1) is 0 Å². The molecule has 0 aliphatic heterocycles. The van der Waals surface area contributed by atoms with Crippen LogP contribution in [0.25, 0.3) is 27.9 Å². The van der Waals surface area contributed by atoms with Gasteiger partial charge in [0, 0.05) is 55.2 Å². The number of benzene rings is 5. The van der Waals surface area contributed by atoms with Crippen molar-refractivity contribution in [3.05, 3.63) is 143 Å². The first kappa shape index (κ1) is 32.6. The van der Waals surface area contributed by atoms with Gasteiger partial charge in [-0.2, -0.15) is 0 Å². The number of para-hydroxylation sites is 1. The molecule has 1 unspecified atom stereocenters. The van der Waals surface area contributed by atoms with Gasteiger partial charge in [-0.1, -0.05) is 66.2 Å². The highest BCUT2D eigenvalue weighted by atomic mass is 35.5. The van der Waals surface area contributed by atoms with Crippen molar-refractivity contribution in [3.63, 3.8) is 0 Å². The lowest BCUT2D eigenvalue weighted by atomic mass is 10.1. The summed E-state index contributed by atoms with van der Waals surface area (Å²) in [7, 11) is 0. The molecule has 0 aliphatic rings. The van der Waals surface area contributed by atoms with Crippen molar-refractivity contribution in [2.24, 2.45) is 0 Å². The fourth-order valence-corrected chi connectivity index (χ4v) is 6.65. The van der Waals surface area contributed by atoms with E-state index < -0.39 is 17.1 Å². The number of carbonyl (C=O) groups is 3. The summed E-state index contributed by atoms with van der Waals surface area (Å²) in [6.45, 7) is 4.82. The minimum Gasteiger partial charge on any atom is -0.341 e. The Morgan fingerprint density at radius 1 is 0.771 bits per heavy atom. The highest BCUT2D eigenvalue weighted by molar-refractivity contribution is 8.00. The number of hydrogen-bond donors (Lipinski definition) is 3. The molecule has 7 nitrogen and oxygen atoms in total. The molecule has 3 amide bonds. The number of aromatic nitrogens is 1. The number of halogens is 1. The van der Waals surface area contributed by atoms with Crippen LogP contribution in [0.2, 0.25) is 5.02 Å². The summed E-state index contributed by atoms with van der Waals surface area (Å²) in [5.41, 5.74) is 4.66. The topological polar surface area (TPSA) is 92.2 Å². The minimum absolute atomic E-state index is 0.0518. The summed E-state index contributed by atoms with van der Waals surface area (Å²) in [5.74, 6) is -1.06. The zero-order chi connectivity index (χ0) is 33.6. The van der Waals surface area contributed by atoms with Crippen LogP contribution in [0.3, 0.4) is 0 Å². The molecule has 6 aromatic rings. The van der Waals surface area contributed by atoms with Crippen molar-refractivity contribution in [1.82, 2.24) is 9.88 Å². The molecule has 0 aliphatic carbocycles. The first-order valence-corrected chi connectivity index (χ1v) is 16.8. The summed E-state index contributed by atoms with van der Waals surface area (Å²) in [4.78, 5) is 40.6. The van der Waals surface area contributed by atoms with Crippen molar-refractivity contribution in [1.29, 1.82) is 0 Å². The first-order valence-electron chi connectivity index (χ1n) is 15.5. The lowest BCUT2D eigenvalue weighted by Crippen LogP contribution is -2.30. The van der Waals surface area contributed by atoms with Gasteiger partial charge in [-0.25, -0.2) is 0 Å². The third-order valence-electron chi connectivity index (χ3n) is 7.82. The van der Waals surface area contributed by atoms with Crippen LogP contribution in [0.5, 0.6) is 0 Å². The van der Waals surface area contributed by atoms with Crippen molar-refractivity contribution in [3.8, 4) is 0 Å². The molecular weight excluding hydrogens is 640 g/mol. The van der Waals surface area contributed by atoms with E-state index in [1.165, 1.54) is 17.3 Å². The molecule has 0 saturated heterocycles. The Morgan fingerprint density at radius 2 is 1.50 bits per heavy atom. The maximum absolute atomic E-state index is 13.5. The zero-order valence-corrected chi connectivity index (χ0v) is 27.9. The smallest absolute Gasteiger partial charge is 0.272 e. The number of carbonyl (C=O) groups excluding carboxylic acids is 3. The highest BCUT2D eigenvalue weighted by Gasteiger charge is 2.18. The number of hydrogen-bond acceptors (Lipinski definition) is 4. The molecule has 0 saturated carbocycles. The fourth-order valence-electron chi connectivity index (χ4n) is 5.52. The SMILES string of the molecule is CCn1c2ccccc2c2cc(NC(=O)C(C)Sc3cccc(NC(=O)/C(=C/c4cccc(Cl)c4)NC(=O)c4ccccc4)c3)ccc21. The van der Waals surface area contributed by atoms with Crippen LogP contribution in [0.1, 0.15) is 29.8 Å². The Labute approximate surface area is 288 Å². The molecule has 240 valence electrons. The average molecular weight is 673 g/mol.